The molecule has 18 heavy (non-hydrogen) atoms. The number of ether oxygens (including phenoxy) is 3. The van der Waals surface area contributed by atoms with Crippen LogP contribution >= 0.6 is 0 Å². The molecule has 0 spiro atoms. The van der Waals surface area contributed by atoms with Crippen molar-refractivity contribution in [3.8, 4) is 17.2 Å². The van der Waals surface area contributed by atoms with Crippen LogP contribution in [0.3, 0.4) is 0 Å². The maximum atomic E-state index is 10.2. The highest BCUT2D eigenvalue weighted by Gasteiger charge is 2.19. The molecular formula is C14H20O4. The van der Waals surface area contributed by atoms with E-state index in [0.29, 0.717) is 22.8 Å². The van der Waals surface area contributed by atoms with E-state index in [1.54, 1.807) is 39.5 Å². The Kier molecular flexibility index (Phi) is 5.04. The van der Waals surface area contributed by atoms with Crippen LogP contribution < -0.4 is 14.2 Å². The number of aliphatic hydroxyl groups excluding tert-OH is 1. The van der Waals surface area contributed by atoms with Crippen LogP contribution in [0.15, 0.2) is 24.8 Å². The minimum atomic E-state index is -0.656. The van der Waals surface area contributed by atoms with Gasteiger partial charge in [0.15, 0.2) is 11.5 Å². The molecule has 0 saturated heterocycles. The molecule has 0 aliphatic carbocycles. The lowest BCUT2D eigenvalue weighted by molar-refractivity contribution is 0.139. The zero-order valence-corrected chi connectivity index (χ0v) is 11.3. The van der Waals surface area contributed by atoms with Crippen molar-refractivity contribution in [2.75, 3.05) is 21.3 Å². The van der Waals surface area contributed by atoms with Gasteiger partial charge in [-0.05, 0) is 17.7 Å². The van der Waals surface area contributed by atoms with Crippen molar-refractivity contribution in [2.24, 2.45) is 5.92 Å². The molecule has 0 heterocycles. The van der Waals surface area contributed by atoms with E-state index in [0.717, 1.165) is 0 Å². The summed E-state index contributed by atoms with van der Waals surface area (Å²) >= 11 is 0. The molecule has 2 unspecified atom stereocenters. The summed E-state index contributed by atoms with van der Waals surface area (Å²) in [5.41, 5.74) is 0.705. The quantitative estimate of drug-likeness (QED) is 0.790. The van der Waals surface area contributed by atoms with Gasteiger partial charge in [0.25, 0.3) is 0 Å². The van der Waals surface area contributed by atoms with Crippen LogP contribution in [0.2, 0.25) is 0 Å². The SMILES string of the molecule is C=CC(C)C(O)c1cc(OC)c(OC)c(OC)c1. The summed E-state index contributed by atoms with van der Waals surface area (Å²) in [5, 5.41) is 10.2. The Morgan fingerprint density at radius 3 is 1.94 bits per heavy atom. The molecule has 4 heteroatoms. The number of aliphatic hydroxyl groups is 1. The summed E-state index contributed by atoms with van der Waals surface area (Å²) in [6.45, 7) is 5.57. The van der Waals surface area contributed by atoms with E-state index >= 15 is 0 Å². The standard InChI is InChI=1S/C14H20O4/c1-6-9(2)13(15)10-7-11(16-3)14(18-5)12(8-10)17-4/h6-9,13,15H,1H2,2-5H3. The van der Waals surface area contributed by atoms with Crippen molar-refractivity contribution in [2.45, 2.75) is 13.0 Å². The van der Waals surface area contributed by atoms with Crippen LogP contribution in [0, 0.1) is 5.92 Å². The molecule has 0 saturated carbocycles. The molecule has 2 atom stereocenters. The molecule has 100 valence electrons. The number of hydrogen-bond donors (Lipinski definition) is 1. The highest BCUT2D eigenvalue weighted by molar-refractivity contribution is 5.54. The molecule has 1 N–H and O–H groups in total. The second-order valence-corrected chi connectivity index (χ2v) is 4.00. The zero-order valence-electron chi connectivity index (χ0n) is 11.3. The van der Waals surface area contributed by atoms with Crippen molar-refractivity contribution in [1.29, 1.82) is 0 Å². The Labute approximate surface area is 108 Å². The van der Waals surface area contributed by atoms with Gasteiger partial charge in [0.1, 0.15) is 0 Å². The van der Waals surface area contributed by atoms with E-state index in [1.165, 1.54) is 0 Å². The van der Waals surface area contributed by atoms with Gasteiger partial charge in [0, 0.05) is 5.92 Å². The second-order valence-electron chi connectivity index (χ2n) is 4.00. The summed E-state index contributed by atoms with van der Waals surface area (Å²) in [6.07, 6.45) is 1.05. The molecule has 0 radical (unpaired) electrons. The normalized spacial score (nSPS) is 13.6. The summed E-state index contributed by atoms with van der Waals surface area (Å²) in [7, 11) is 4.64. The molecule has 4 nitrogen and oxygen atoms in total. The van der Waals surface area contributed by atoms with Gasteiger partial charge in [-0.3, -0.25) is 0 Å². The van der Waals surface area contributed by atoms with Crippen LogP contribution in [0.1, 0.15) is 18.6 Å². The Morgan fingerprint density at radius 1 is 1.11 bits per heavy atom. The average Bonchev–Trinajstić information content (AvgIpc) is 2.43. The number of hydrogen-bond acceptors (Lipinski definition) is 4. The minimum Gasteiger partial charge on any atom is -0.493 e. The molecule has 0 bridgehead atoms. The summed E-state index contributed by atoms with van der Waals surface area (Å²) in [4.78, 5) is 0. The monoisotopic (exact) mass is 252 g/mol. The topological polar surface area (TPSA) is 47.9 Å². The predicted molar refractivity (Wildman–Crippen MR) is 70.4 cm³/mol. The van der Waals surface area contributed by atoms with E-state index in [4.69, 9.17) is 14.2 Å². The van der Waals surface area contributed by atoms with Crippen molar-refractivity contribution < 1.29 is 19.3 Å². The first kappa shape index (κ1) is 14.4. The molecule has 0 aliphatic rings. The molecule has 1 aromatic rings. The molecule has 0 amide bonds. The second kappa shape index (κ2) is 6.31. The average molecular weight is 252 g/mol. The van der Waals surface area contributed by atoms with Gasteiger partial charge in [-0.25, -0.2) is 0 Å². The Hall–Kier alpha value is -1.68. The van der Waals surface area contributed by atoms with Crippen molar-refractivity contribution >= 4 is 0 Å². The van der Waals surface area contributed by atoms with Gasteiger partial charge < -0.3 is 19.3 Å². The van der Waals surface area contributed by atoms with Gasteiger partial charge in [-0.15, -0.1) is 6.58 Å². The van der Waals surface area contributed by atoms with Gasteiger partial charge in [-0.1, -0.05) is 13.0 Å². The van der Waals surface area contributed by atoms with E-state index in [1.807, 2.05) is 6.92 Å². The minimum absolute atomic E-state index is 0.0622. The van der Waals surface area contributed by atoms with E-state index in [9.17, 15) is 5.11 Å². The third-order valence-electron chi connectivity index (χ3n) is 2.90. The van der Waals surface area contributed by atoms with E-state index in [2.05, 4.69) is 6.58 Å². The van der Waals surface area contributed by atoms with Crippen LogP contribution in [-0.2, 0) is 0 Å². The first-order chi connectivity index (χ1) is 8.58. The van der Waals surface area contributed by atoms with Crippen LogP contribution in [-0.4, -0.2) is 26.4 Å². The Balaban J connectivity index is 3.26. The maximum Gasteiger partial charge on any atom is 0.203 e. The van der Waals surface area contributed by atoms with Crippen LogP contribution in [0.4, 0.5) is 0 Å². The van der Waals surface area contributed by atoms with Gasteiger partial charge in [-0.2, -0.15) is 0 Å². The molecule has 1 aromatic carbocycles. The summed E-state index contributed by atoms with van der Waals surface area (Å²) in [6, 6.07) is 3.48. The number of rotatable bonds is 6. The molecular weight excluding hydrogens is 232 g/mol. The van der Waals surface area contributed by atoms with Gasteiger partial charge in [0.2, 0.25) is 5.75 Å². The highest BCUT2D eigenvalue weighted by Crippen LogP contribution is 2.40. The lowest BCUT2D eigenvalue weighted by atomic mass is 9.97. The zero-order chi connectivity index (χ0) is 13.7. The molecule has 0 aliphatic heterocycles. The maximum absolute atomic E-state index is 10.2. The fourth-order valence-corrected chi connectivity index (χ4v) is 1.70. The van der Waals surface area contributed by atoms with Gasteiger partial charge >= 0.3 is 0 Å². The summed E-state index contributed by atoms with van der Waals surface area (Å²) < 4.78 is 15.7. The Bertz CT molecular complexity index is 389. The third-order valence-corrected chi connectivity index (χ3v) is 2.90. The van der Waals surface area contributed by atoms with Crippen LogP contribution in [0.5, 0.6) is 17.2 Å². The van der Waals surface area contributed by atoms with Crippen molar-refractivity contribution in [1.82, 2.24) is 0 Å². The van der Waals surface area contributed by atoms with Crippen molar-refractivity contribution in [3.05, 3.63) is 30.4 Å². The predicted octanol–water partition coefficient (Wildman–Crippen LogP) is 2.57. The van der Waals surface area contributed by atoms with Crippen LogP contribution in [0.25, 0.3) is 0 Å². The third kappa shape index (κ3) is 2.76. The fraction of sp³-hybridized carbons (Fsp3) is 0.429. The van der Waals surface area contributed by atoms with E-state index in [-0.39, 0.29) is 5.92 Å². The largest absolute Gasteiger partial charge is 0.493 e. The highest BCUT2D eigenvalue weighted by atomic mass is 16.5. The molecule has 0 aromatic heterocycles. The first-order valence-corrected chi connectivity index (χ1v) is 5.69. The molecule has 1 rings (SSSR count). The van der Waals surface area contributed by atoms with Gasteiger partial charge in [0.05, 0.1) is 27.4 Å². The lowest BCUT2D eigenvalue weighted by Gasteiger charge is -2.19. The van der Waals surface area contributed by atoms with E-state index < -0.39 is 6.10 Å². The molecule has 0 fully saturated rings. The lowest BCUT2D eigenvalue weighted by Crippen LogP contribution is -2.07. The smallest absolute Gasteiger partial charge is 0.203 e. The number of benzene rings is 1. The first-order valence-electron chi connectivity index (χ1n) is 5.69. The fourth-order valence-electron chi connectivity index (χ4n) is 1.70. The Morgan fingerprint density at radius 2 is 1.61 bits per heavy atom. The number of methoxy groups -OCH3 is 3. The van der Waals surface area contributed by atoms with Crippen molar-refractivity contribution in [3.63, 3.8) is 0 Å². The summed E-state index contributed by atoms with van der Waals surface area (Å²) in [5.74, 6) is 1.51.